The second kappa shape index (κ2) is 4.29. The van der Waals surface area contributed by atoms with Gasteiger partial charge in [0.2, 0.25) is 0 Å². The molecule has 2 fully saturated rings. The van der Waals surface area contributed by atoms with Crippen molar-refractivity contribution in [1.29, 1.82) is 5.26 Å². The lowest BCUT2D eigenvalue weighted by atomic mass is 10.1. The molecule has 1 N–H and O–H groups in total. The van der Waals surface area contributed by atoms with Crippen molar-refractivity contribution in [2.24, 2.45) is 0 Å². The summed E-state index contributed by atoms with van der Waals surface area (Å²) >= 11 is 0. The van der Waals surface area contributed by atoms with E-state index in [4.69, 9.17) is 5.26 Å². The minimum Gasteiger partial charge on any atom is -0.391 e. The Morgan fingerprint density at radius 3 is 2.57 bits per heavy atom. The van der Waals surface area contributed by atoms with Gasteiger partial charge in [-0.15, -0.1) is 0 Å². The number of nitrogens with zero attached hydrogens (tertiary/aromatic N) is 2. The molecule has 0 unspecified atom stereocenters. The third kappa shape index (κ3) is 2.08. The van der Waals surface area contributed by atoms with E-state index in [1.165, 1.54) is 12.8 Å². The van der Waals surface area contributed by atoms with Crippen LogP contribution in [0.15, 0.2) is 0 Å². The summed E-state index contributed by atoms with van der Waals surface area (Å²) in [5, 5.41) is 18.4. The molecule has 0 aromatic heterocycles. The lowest BCUT2D eigenvalue weighted by Crippen LogP contribution is -2.42. The Hall–Kier alpha value is -0.590. The minimum atomic E-state index is -0.144. The van der Waals surface area contributed by atoms with E-state index in [-0.39, 0.29) is 6.10 Å². The van der Waals surface area contributed by atoms with E-state index < -0.39 is 0 Å². The van der Waals surface area contributed by atoms with Crippen molar-refractivity contribution in [3.8, 4) is 6.07 Å². The van der Waals surface area contributed by atoms with Gasteiger partial charge in [-0.25, -0.2) is 0 Å². The fourth-order valence-corrected chi connectivity index (χ4v) is 2.51. The van der Waals surface area contributed by atoms with Crippen LogP contribution in [0.5, 0.6) is 0 Å². The number of hydrogen-bond acceptors (Lipinski definition) is 3. The summed E-state index contributed by atoms with van der Waals surface area (Å²) in [5.41, 5.74) is 0. The van der Waals surface area contributed by atoms with Crippen molar-refractivity contribution in [3.05, 3.63) is 0 Å². The maximum atomic E-state index is 9.81. The first kappa shape index (κ1) is 9.95. The van der Waals surface area contributed by atoms with Crippen LogP contribution < -0.4 is 0 Å². The molecule has 3 heteroatoms. The molecule has 0 aliphatic heterocycles. The second-order valence-corrected chi connectivity index (χ2v) is 4.44. The van der Waals surface area contributed by atoms with E-state index in [1.54, 1.807) is 0 Å². The molecule has 78 valence electrons. The molecule has 3 nitrogen and oxygen atoms in total. The zero-order valence-electron chi connectivity index (χ0n) is 8.52. The van der Waals surface area contributed by atoms with Crippen LogP contribution in [0.4, 0.5) is 0 Å². The largest absolute Gasteiger partial charge is 0.391 e. The number of aliphatic hydroxyl groups excluding tert-OH is 1. The highest BCUT2D eigenvalue weighted by atomic mass is 16.3. The lowest BCUT2D eigenvalue weighted by Gasteiger charge is -2.30. The molecule has 2 saturated carbocycles. The summed E-state index contributed by atoms with van der Waals surface area (Å²) in [4.78, 5) is 2.38. The van der Waals surface area contributed by atoms with Crippen molar-refractivity contribution >= 4 is 0 Å². The molecular weight excluding hydrogens is 176 g/mol. The van der Waals surface area contributed by atoms with Gasteiger partial charge in [-0.05, 0) is 32.1 Å². The number of hydrogen-bond donors (Lipinski definition) is 1. The Labute approximate surface area is 85.3 Å². The van der Waals surface area contributed by atoms with Crippen molar-refractivity contribution in [1.82, 2.24) is 4.90 Å². The van der Waals surface area contributed by atoms with Crippen LogP contribution in [0.25, 0.3) is 0 Å². The number of rotatable bonds is 4. The molecular formula is C11H18N2O. The molecule has 0 aromatic carbocycles. The van der Waals surface area contributed by atoms with Gasteiger partial charge in [0.05, 0.1) is 12.2 Å². The molecule has 0 aromatic rings. The molecule has 14 heavy (non-hydrogen) atoms. The Bertz CT molecular complexity index is 232. The summed E-state index contributed by atoms with van der Waals surface area (Å²) in [6, 6.07) is 3.21. The first-order chi connectivity index (χ1) is 6.83. The third-order valence-corrected chi connectivity index (χ3v) is 3.37. The van der Waals surface area contributed by atoms with Gasteiger partial charge in [-0.2, -0.15) is 5.26 Å². The van der Waals surface area contributed by atoms with Gasteiger partial charge in [-0.3, -0.25) is 4.90 Å². The smallest absolute Gasteiger partial charge is 0.0695 e. The quantitative estimate of drug-likeness (QED) is 0.733. The standard InChI is InChI=1S/C11H18N2O/c12-7-2-8-13(9-5-6-9)10-3-1-4-11(10)14/h9-11,14H,1-6,8H2/t10-,11-/m0/s1. The van der Waals surface area contributed by atoms with E-state index in [0.717, 1.165) is 25.8 Å². The van der Waals surface area contributed by atoms with Gasteiger partial charge in [0.1, 0.15) is 0 Å². The van der Waals surface area contributed by atoms with Crippen LogP contribution in [0.1, 0.15) is 38.5 Å². The topological polar surface area (TPSA) is 47.3 Å². The van der Waals surface area contributed by atoms with E-state index in [2.05, 4.69) is 11.0 Å². The summed E-state index contributed by atoms with van der Waals surface area (Å²) in [5.74, 6) is 0. The van der Waals surface area contributed by atoms with E-state index in [0.29, 0.717) is 18.5 Å². The molecule has 0 radical (unpaired) electrons. The number of aliphatic hydroxyl groups is 1. The van der Waals surface area contributed by atoms with Gasteiger partial charge in [-0.1, -0.05) is 0 Å². The van der Waals surface area contributed by atoms with Crippen molar-refractivity contribution in [3.63, 3.8) is 0 Å². The highest BCUT2D eigenvalue weighted by Gasteiger charge is 2.38. The average Bonchev–Trinajstić information content (AvgIpc) is 2.92. The van der Waals surface area contributed by atoms with Crippen LogP contribution in [-0.4, -0.2) is 34.7 Å². The molecule has 0 saturated heterocycles. The molecule has 0 amide bonds. The third-order valence-electron chi connectivity index (χ3n) is 3.37. The SMILES string of the molecule is N#CCCN(C1CC1)[C@H]1CCC[C@@H]1O. The maximum Gasteiger partial charge on any atom is 0.0695 e. The van der Waals surface area contributed by atoms with Gasteiger partial charge in [0, 0.05) is 25.0 Å². The van der Waals surface area contributed by atoms with Gasteiger partial charge in [0.25, 0.3) is 0 Å². The summed E-state index contributed by atoms with van der Waals surface area (Å²) in [7, 11) is 0. The molecule has 0 spiro atoms. The zero-order valence-corrected chi connectivity index (χ0v) is 8.52. The lowest BCUT2D eigenvalue weighted by molar-refractivity contribution is 0.0668. The van der Waals surface area contributed by atoms with E-state index in [9.17, 15) is 5.11 Å². The van der Waals surface area contributed by atoms with Crippen molar-refractivity contribution < 1.29 is 5.11 Å². The van der Waals surface area contributed by atoms with Gasteiger partial charge < -0.3 is 5.11 Å². The Balaban J connectivity index is 1.92. The second-order valence-electron chi connectivity index (χ2n) is 4.44. The van der Waals surface area contributed by atoms with Crippen molar-refractivity contribution in [2.75, 3.05) is 6.54 Å². The summed E-state index contributed by atoms with van der Waals surface area (Å²) in [6.45, 7) is 0.850. The highest BCUT2D eigenvalue weighted by molar-refractivity contribution is 4.95. The fourth-order valence-electron chi connectivity index (χ4n) is 2.51. The zero-order chi connectivity index (χ0) is 9.97. The Morgan fingerprint density at radius 1 is 1.29 bits per heavy atom. The molecule has 0 heterocycles. The predicted molar refractivity (Wildman–Crippen MR) is 53.6 cm³/mol. The van der Waals surface area contributed by atoms with E-state index in [1.807, 2.05) is 0 Å². The first-order valence-corrected chi connectivity index (χ1v) is 5.63. The molecule has 2 atom stereocenters. The van der Waals surface area contributed by atoms with Crippen LogP contribution in [0.3, 0.4) is 0 Å². The van der Waals surface area contributed by atoms with E-state index >= 15 is 0 Å². The van der Waals surface area contributed by atoms with Gasteiger partial charge in [0.15, 0.2) is 0 Å². The molecule has 2 aliphatic carbocycles. The van der Waals surface area contributed by atoms with Crippen LogP contribution >= 0.6 is 0 Å². The number of nitriles is 1. The summed E-state index contributed by atoms with van der Waals surface area (Å²) in [6.07, 6.45) is 6.17. The predicted octanol–water partition coefficient (Wildman–Crippen LogP) is 1.28. The first-order valence-electron chi connectivity index (χ1n) is 5.63. The Kier molecular flexibility index (Phi) is 3.05. The minimum absolute atomic E-state index is 0.144. The van der Waals surface area contributed by atoms with Crippen molar-refractivity contribution in [2.45, 2.75) is 56.7 Å². The van der Waals surface area contributed by atoms with Crippen LogP contribution in [-0.2, 0) is 0 Å². The van der Waals surface area contributed by atoms with Crippen LogP contribution in [0, 0.1) is 11.3 Å². The molecule has 0 bridgehead atoms. The fraction of sp³-hybridized carbons (Fsp3) is 0.909. The monoisotopic (exact) mass is 194 g/mol. The highest BCUT2D eigenvalue weighted by Crippen LogP contribution is 2.34. The maximum absolute atomic E-state index is 9.81. The molecule has 2 rings (SSSR count). The summed E-state index contributed by atoms with van der Waals surface area (Å²) < 4.78 is 0. The molecule has 2 aliphatic rings. The average molecular weight is 194 g/mol. The van der Waals surface area contributed by atoms with Gasteiger partial charge >= 0.3 is 0 Å². The normalized spacial score (nSPS) is 32.1. The van der Waals surface area contributed by atoms with Crippen LogP contribution in [0.2, 0.25) is 0 Å². The Morgan fingerprint density at radius 2 is 2.07 bits per heavy atom.